The van der Waals surface area contributed by atoms with E-state index in [2.05, 4.69) is 0 Å². The molecular formula is C12H11F3N2O5S. The summed E-state index contributed by atoms with van der Waals surface area (Å²) in [6.45, 7) is -0.984. The van der Waals surface area contributed by atoms with Crippen molar-refractivity contribution in [2.75, 3.05) is 6.54 Å². The molecule has 1 heterocycles. The number of carbonyl (C=O) groups is 1. The number of nitro groups is 1. The van der Waals surface area contributed by atoms with Crippen molar-refractivity contribution in [2.24, 2.45) is 5.92 Å². The Hall–Kier alpha value is -2.17. The largest absolute Gasteiger partial charge is 0.393 e. The van der Waals surface area contributed by atoms with E-state index < -0.39 is 57.2 Å². The number of hydrogen-bond acceptors (Lipinski definition) is 5. The summed E-state index contributed by atoms with van der Waals surface area (Å²) in [6.07, 6.45) is -5.60. The lowest BCUT2D eigenvalue weighted by Crippen LogP contribution is -2.47. The average Bonchev–Trinajstić information content (AvgIpc) is 2.46. The van der Waals surface area contributed by atoms with E-state index in [9.17, 15) is 36.5 Å². The molecular weight excluding hydrogens is 341 g/mol. The van der Waals surface area contributed by atoms with Crippen molar-refractivity contribution in [3.8, 4) is 0 Å². The molecule has 1 aliphatic rings. The molecule has 0 bridgehead atoms. The monoisotopic (exact) mass is 352 g/mol. The Morgan fingerprint density at radius 2 is 1.78 bits per heavy atom. The van der Waals surface area contributed by atoms with E-state index in [1.54, 1.807) is 0 Å². The molecule has 0 N–H and O–H groups in total. The fourth-order valence-corrected chi connectivity index (χ4v) is 3.65. The smallest absolute Gasteiger partial charge is 0.274 e. The van der Waals surface area contributed by atoms with E-state index in [-0.39, 0.29) is 9.99 Å². The second kappa shape index (κ2) is 5.80. The van der Waals surface area contributed by atoms with Gasteiger partial charge in [-0.25, -0.2) is 12.7 Å². The maximum atomic E-state index is 12.8. The normalized spacial score (nSPS) is 19.7. The van der Waals surface area contributed by atoms with Gasteiger partial charge < -0.3 is 0 Å². The molecule has 0 unspecified atom stereocenters. The van der Waals surface area contributed by atoms with Gasteiger partial charge in [0.1, 0.15) is 0 Å². The molecule has 1 aromatic rings. The van der Waals surface area contributed by atoms with Gasteiger partial charge in [0.2, 0.25) is 5.91 Å². The Balaban J connectivity index is 2.33. The Bertz CT molecular complexity index is 730. The molecule has 1 saturated heterocycles. The van der Waals surface area contributed by atoms with Crippen molar-refractivity contribution < 1.29 is 31.3 Å². The molecule has 1 aromatic carbocycles. The molecule has 7 nitrogen and oxygen atoms in total. The zero-order valence-electron chi connectivity index (χ0n) is 11.5. The third-order valence-electron chi connectivity index (χ3n) is 3.47. The molecule has 0 saturated carbocycles. The van der Waals surface area contributed by atoms with Crippen molar-refractivity contribution in [3.05, 3.63) is 34.4 Å². The first-order valence-electron chi connectivity index (χ1n) is 6.40. The minimum absolute atomic E-state index is 0.190. The van der Waals surface area contributed by atoms with E-state index in [0.29, 0.717) is 0 Å². The minimum Gasteiger partial charge on any atom is -0.274 e. The highest BCUT2D eigenvalue weighted by Gasteiger charge is 2.46. The maximum Gasteiger partial charge on any atom is 0.393 e. The Labute approximate surface area is 128 Å². The molecule has 0 spiro atoms. The Morgan fingerprint density at radius 1 is 1.22 bits per heavy atom. The summed E-state index contributed by atoms with van der Waals surface area (Å²) in [5.74, 6) is -2.85. The first kappa shape index (κ1) is 17.2. The molecule has 11 heteroatoms. The van der Waals surface area contributed by atoms with Crippen molar-refractivity contribution in [3.63, 3.8) is 0 Å². The van der Waals surface area contributed by atoms with Gasteiger partial charge in [-0.3, -0.25) is 14.9 Å². The molecule has 0 aliphatic carbocycles. The number of piperidine rings is 1. The second-order valence-corrected chi connectivity index (χ2v) is 6.82. The lowest BCUT2D eigenvalue weighted by molar-refractivity contribution is -0.384. The van der Waals surface area contributed by atoms with E-state index in [0.717, 1.165) is 24.3 Å². The topological polar surface area (TPSA) is 97.6 Å². The van der Waals surface area contributed by atoms with Crippen LogP contribution in [-0.4, -0.2) is 36.3 Å². The van der Waals surface area contributed by atoms with E-state index in [1.807, 2.05) is 0 Å². The zero-order chi connectivity index (χ0) is 17.4. The molecule has 1 amide bonds. The highest BCUT2D eigenvalue weighted by molar-refractivity contribution is 7.89. The number of rotatable bonds is 3. The highest BCUT2D eigenvalue weighted by Crippen LogP contribution is 2.35. The lowest BCUT2D eigenvalue weighted by Gasteiger charge is -2.32. The predicted molar refractivity (Wildman–Crippen MR) is 70.8 cm³/mol. The van der Waals surface area contributed by atoms with Crippen LogP contribution in [0.5, 0.6) is 0 Å². The number of sulfonamides is 1. The van der Waals surface area contributed by atoms with Crippen LogP contribution in [0.2, 0.25) is 0 Å². The van der Waals surface area contributed by atoms with Crippen LogP contribution in [-0.2, 0) is 14.8 Å². The quantitative estimate of drug-likeness (QED) is 0.613. The first-order valence-corrected chi connectivity index (χ1v) is 7.84. The third kappa shape index (κ3) is 3.44. The van der Waals surface area contributed by atoms with Crippen molar-refractivity contribution in [2.45, 2.75) is 23.9 Å². The van der Waals surface area contributed by atoms with E-state index >= 15 is 0 Å². The fourth-order valence-electron chi connectivity index (χ4n) is 2.18. The summed E-state index contributed by atoms with van der Waals surface area (Å²) in [5.41, 5.74) is -0.373. The standard InChI is InChI=1S/C12H11F3N2O5S/c13-12(14,15)8-1-6-11(18)16(7-8)23(21,22)10-4-2-9(3-5-10)17(19)20/h2-5,8H,1,6-7H2/t8-/m0/s1. The second-order valence-electron chi connectivity index (χ2n) is 4.96. The maximum absolute atomic E-state index is 12.8. The van der Waals surface area contributed by atoms with Crippen LogP contribution in [0, 0.1) is 16.0 Å². The van der Waals surface area contributed by atoms with Crippen LogP contribution >= 0.6 is 0 Å². The molecule has 0 radical (unpaired) electrons. The Morgan fingerprint density at radius 3 is 2.26 bits per heavy atom. The van der Waals surface area contributed by atoms with Gasteiger partial charge in [0, 0.05) is 25.1 Å². The number of benzene rings is 1. The lowest BCUT2D eigenvalue weighted by atomic mass is 9.99. The summed E-state index contributed by atoms with van der Waals surface area (Å²) in [4.78, 5) is 21.0. The van der Waals surface area contributed by atoms with Crippen molar-refractivity contribution in [1.29, 1.82) is 0 Å². The molecule has 0 aromatic heterocycles. The predicted octanol–water partition coefficient (Wildman–Crippen LogP) is 2.08. The van der Waals surface area contributed by atoms with Crippen molar-refractivity contribution >= 4 is 21.6 Å². The number of carbonyl (C=O) groups excluding carboxylic acids is 1. The van der Waals surface area contributed by atoms with Gasteiger partial charge in [-0.05, 0) is 18.6 Å². The van der Waals surface area contributed by atoms with Gasteiger partial charge in [0.25, 0.3) is 15.7 Å². The first-order chi connectivity index (χ1) is 10.5. The number of non-ortho nitro benzene ring substituents is 1. The van der Waals surface area contributed by atoms with Crippen LogP contribution in [0.1, 0.15) is 12.8 Å². The molecule has 1 atom stereocenters. The molecule has 1 aliphatic heterocycles. The number of hydrogen-bond donors (Lipinski definition) is 0. The number of amides is 1. The highest BCUT2D eigenvalue weighted by atomic mass is 32.2. The number of nitrogens with zero attached hydrogens (tertiary/aromatic N) is 2. The minimum atomic E-state index is -4.61. The van der Waals surface area contributed by atoms with Gasteiger partial charge in [-0.15, -0.1) is 0 Å². The summed E-state index contributed by atoms with van der Waals surface area (Å²) in [5, 5.41) is 10.5. The third-order valence-corrected chi connectivity index (χ3v) is 5.27. The van der Waals surface area contributed by atoms with Gasteiger partial charge in [0.15, 0.2) is 0 Å². The fraction of sp³-hybridized carbons (Fsp3) is 0.417. The summed E-state index contributed by atoms with van der Waals surface area (Å²) in [7, 11) is -4.49. The van der Waals surface area contributed by atoms with Crippen LogP contribution < -0.4 is 0 Å². The molecule has 23 heavy (non-hydrogen) atoms. The number of nitro benzene ring substituents is 1. The van der Waals surface area contributed by atoms with Crippen LogP contribution in [0.25, 0.3) is 0 Å². The Kier molecular flexibility index (Phi) is 4.33. The van der Waals surface area contributed by atoms with Gasteiger partial charge >= 0.3 is 6.18 Å². The summed E-state index contributed by atoms with van der Waals surface area (Å²) in [6, 6.07) is 3.58. The van der Waals surface area contributed by atoms with Crippen LogP contribution in [0.3, 0.4) is 0 Å². The van der Waals surface area contributed by atoms with Crippen molar-refractivity contribution in [1.82, 2.24) is 4.31 Å². The van der Waals surface area contributed by atoms with Gasteiger partial charge in [-0.1, -0.05) is 0 Å². The van der Waals surface area contributed by atoms with Gasteiger partial charge in [-0.2, -0.15) is 13.2 Å². The van der Waals surface area contributed by atoms with Crippen LogP contribution in [0.15, 0.2) is 29.2 Å². The van der Waals surface area contributed by atoms with Gasteiger partial charge in [0.05, 0.1) is 15.7 Å². The number of halogens is 3. The van der Waals surface area contributed by atoms with E-state index in [4.69, 9.17) is 0 Å². The molecule has 126 valence electrons. The summed E-state index contributed by atoms with van der Waals surface area (Å²) >= 11 is 0. The zero-order valence-corrected chi connectivity index (χ0v) is 12.3. The average molecular weight is 352 g/mol. The van der Waals surface area contributed by atoms with Crippen LogP contribution in [0.4, 0.5) is 18.9 Å². The summed E-state index contributed by atoms with van der Waals surface area (Å²) < 4.78 is 63.1. The van der Waals surface area contributed by atoms with E-state index in [1.165, 1.54) is 0 Å². The number of alkyl halides is 3. The molecule has 1 fully saturated rings. The SMILES string of the molecule is O=C1CC[C@H](C(F)(F)F)CN1S(=O)(=O)c1ccc([N+](=O)[O-])cc1. The molecule has 2 rings (SSSR count).